The molecule has 0 saturated carbocycles. The summed E-state index contributed by atoms with van der Waals surface area (Å²) in [6.45, 7) is 0.915. The summed E-state index contributed by atoms with van der Waals surface area (Å²) in [6.07, 6.45) is 6.73. The molecule has 2 N–H and O–H groups in total. The van der Waals surface area contributed by atoms with Crippen LogP contribution in [0, 0.1) is 0 Å². The number of benzene rings is 2. The van der Waals surface area contributed by atoms with E-state index in [0.717, 1.165) is 53.1 Å². The maximum atomic E-state index is 13.0. The number of allylic oxidation sites excluding steroid dienone is 1. The van der Waals surface area contributed by atoms with Crippen LogP contribution in [0.4, 0.5) is 0 Å². The SMILES string of the molecule is CNC(=O)/C(=C(\C=O)c1c[nH]c2ccccc12)c1cn2c3c(cccc13)CCC2. The Morgan fingerprint density at radius 1 is 1.10 bits per heavy atom. The quantitative estimate of drug-likeness (QED) is 0.414. The minimum absolute atomic E-state index is 0.263. The summed E-state index contributed by atoms with van der Waals surface area (Å²) >= 11 is 0. The van der Waals surface area contributed by atoms with Crippen LogP contribution in [0.3, 0.4) is 0 Å². The van der Waals surface area contributed by atoms with E-state index in [0.29, 0.717) is 11.1 Å². The number of aromatic nitrogens is 2. The zero-order valence-electron chi connectivity index (χ0n) is 16.2. The normalized spacial score (nSPS) is 14.1. The zero-order valence-corrected chi connectivity index (χ0v) is 16.2. The lowest BCUT2D eigenvalue weighted by Crippen LogP contribution is -2.20. The van der Waals surface area contributed by atoms with Gasteiger partial charge >= 0.3 is 0 Å². The fourth-order valence-electron chi connectivity index (χ4n) is 4.52. The molecule has 29 heavy (non-hydrogen) atoms. The van der Waals surface area contributed by atoms with E-state index in [4.69, 9.17) is 0 Å². The first-order valence-electron chi connectivity index (χ1n) is 9.82. The van der Waals surface area contributed by atoms with Crippen molar-refractivity contribution in [2.24, 2.45) is 0 Å². The Bertz CT molecular complexity index is 1310. The highest BCUT2D eigenvalue weighted by Gasteiger charge is 2.25. The molecule has 1 aliphatic heterocycles. The Kier molecular flexibility index (Phi) is 4.09. The molecule has 1 amide bonds. The first kappa shape index (κ1) is 17.5. The number of likely N-dealkylation sites (N-methyl/N-ethyl adjacent to an activating group) is 1. The number of nitrogens with zero attached hydrogens (tertiary/aromatic N) is 1. The molecule has 2 aromatic heterocycles. The van der Waals surface area contributed by atoms with Crippen molar-refractivity contribution < 1.29 is 9.59 Å². The Labute approximate surface area is 168 Å². The number of aryl methyl sites for hydroxylation is 2. The minimum atomic E-state index is -0.263. The number of carbonyl (C=O) groups excluding carboxylic acids is 2. The molecule has 0 radical (unpaired) electrons. The van der Waals surface area contributed by atoms with Crippen LogP contribution < -0.4 is 5.32 Å². The molecule has 0 unspecified atom stereocenters. The van der Waals surface area contributed by atoms with Gasteiger partial charge in [0.1, 0.15) is 0 Å². The van der Waals surface area contributed by atoms with Crippen LogP contribution in [0.15, 0.2) is 54.9 Å². The Morgan fingerprint density at radius 2 is 1.93 bits per heavy atom. The van der Waals surface area contributed by atoms with E-state index in [1.54, 1.807) is 13.2 Å². The molecular weight excluding hydrogens is 362 g/mol. The largest absolute Gasteiger partial charge is 0.361 e. The predicted molar refractivity (Wildman–Crippen MR) is 116 cm³/mol. The molecule has 4 aromatic rings. The van der Waals surface area contributed by atoms with Gasteiger partial charge in [0.15, 0.2) is 6.29 Å². The average Bonchev–Trinajstić information content (AvgIpc) is 3.35. The van der Waals surface area contributed by atoms with Crippen molar-refractivity contribution >= 4 is 45.1 Å². The topological polar surface area (TPSA) is 66.9 Å². The third kappa shape index (κ3) is 2.62. The van der Waals surface area contributed by atoms with Crippen molar-refractivity contribution in [2.45, 2.75) is 19.4 Å². The maximum Gasteiger partial charge on any atom is 0.252 e. The van der Waals surface area contributed by atoms with Gasteiger partial charge in [0.25, 0.3) is 5.91 Å². The average molecular weight is 383 g/mol. The third-order valence-electron chi connectivity index (χ3n) is 5.82. The first-order valence-corrected chi connectivity index (χ1v) is 9.82. The summed E-state index contributed by atoms with van der Waals surface area (Å²) in [5, 5.41) is 4.67. The highest BCUT2D eigenvalue weighted by molar-refractivity contribution is 6.38. The molecule has 0 saturated heterocycles. The van der Waals surface area contributed by atoms with Crippen LogP contribution in [0.1, 0.15) is 23.1 Å². The van der Waals surface area contributed by atoms with Gasteiger partial charge in [-0.1, -0.05) is 36.4 Å². The van der Waals surface area contributed by atoms with E-state index >= 15 is 0 Å². The van der Waals surface area contributed by atoms with Crippen LogP contribution in [0.5, 0.6) is 0 Å². The fourth-order valence-corrected chi connectivity index (χ4v) is 4.52. The molecule has 0 aliphatic carbocycles. The molecular formula is C24H21N3O2. The lowest BCUT2D eigenvalue weighted by atomic mass is 9.93. The number of rotatable bonds is 4. The summed E-state index contributed by atoms with van der Waals surface area (Å²) in [7, 11) is 1.60. The summed E-state index contributed by atoms with van der Waals surface area (Å²) in [5.41, 5.74) is 5.73. The molecule has 0 bridgehead atoms. The van der Waals surface area contributed by atoms with Crippen LogP contribution in [0.2, 0.25) is 0 Å². The standard InChI is InChI=1S/C24H21N3O2/c1-25-24(29)22(20(14-28)18-12-26-21-10-3-2-8-16(18)21)19-13-27-11-5-7-15-6-4-9-17(19)23(15)27/h2-4,6,8-10,12-14,26H,5,7,11H2,1H3,(H,25,29)/b22-20+. The van der Waals surface area contributed by atoms with Crippen molar-refractivity contribution in [1.29, 1.82) is 0 Å². The molecule has 0 atom stereocenters. The lowest BCUT2D eigenvalue weighted by Gasteiger charge is -2.14. The van der Waals surface area contributed by atoms with Gasteiger partial charge in [-0.25, -0.2) is 0 Å². The lowest BCUT2D eigenvalue weighted by molar-refractivity contribution is -0.115. The molecule has 5 nitrogen and oxygen atoms in total. The van der Waals surface area contributed by atoms with Crippen LogP contribution in [0.25, 0.3) is 33.0 Å². The summed E-state index contributed by atoms with van der Waals surface area (Å²) in [4.78, 5) is 28.6. The van der Waals surface area contributed by atoms with Gasteiger partial charge in [-0.2, -0.15) is 0 Å². The van der Waals surface area contributed by atoms with Crippen molar-refractivity contribution in [3.63, 3.8) is 0 Å². The van der Waals surface area contributed by atoms with Crippen molar-refractivity contribution in [3.05, 3.63) is 71.5 Å². The number of carbonyl (C=O) groups is 2. The van der Waals surface area contributed by atoms with Gasteiger partial charge in [0.05, 0.1) is 11.1 Å². The molecule has 5 heteroatoms. The Balaban J connectivity index is 1.85. The number of fused-ring (bicyclic) bond motifs is 1. The number of aldehydes is 1. The van der Waals surface area contributed by atoms with Crippen LogP contribution in [-0.2, 0) is 22.6 Å². The fraction of sp³-hybridized carbons (Fsp3) is 0.167. The van der Waals surface area contributed by atoms with Crippen molar-refractivity contribution in [2.75, 3.05) is 7.05 Å². The van der Waals surface area contributed by atoms with E-state index < -0.39 is 0 Å². The first-order chi connectivity index (χ1) is 14.2. The maximum absolute atomic E-state index is 13.0. The molecule has 5 rings (SSSR count). The Hall–Kier alpha value is -3.60. The Morgan fingerprint density at radius 3 is 2.76 bits per heavy atom. The van der Waals surface area contributed by atoms with E-state index in [-0.39, 0.29) is 5.91 Å². The number of nitrogens with one attached hydrogen (secondary N) is 2. The summed E-state index contributed by atoms with van der Waals surface area (Å²) in [6, 6.07) is 14.0. The monoisotopic (exact) mass is 383 g/mol. The van der Waals surface area contributed by atoms with E-state index in [9.17, 15) is 9.59 Å². The molecule has 144 valence electrons. The number of H-pyrrole nitrogens is 1. The van der Waals surface area contributed by atoms with Gasteiger partial charge in [-0.15, -0.1) is 0 Å². The van der Waals surface area contributed by atoms with E-state index in [2.05, 4.69) is 20.9 Å². The highest BCUT2D eigenvalue weighted by Crippen LogP contribution is 2.37. The van der Waals surface area contributed by atoms with Gasteiger partial charge in [0.2, 0.25) is 0 Å². The molecule has 1 aliphatic rings. The number of aromatic amines is 1. The molecule has 0 fully saturated rings. The van der Waals surface area contributed by atoms with Gasteiger partial charge in [-0.05, 0) is 24.5 Å². The third-order valence-corrected chi connectivity index (χ3v) is 5.82. The van der Waals surface area contributed by atoms with E-state index in [1.165, 1.54) is 11.1 Å². The minimum Gasteiger partial charge on any atom is -0.361 e. The summed E-state index contributed by atoms with van der Waals surface area (Å²) in [5.74, 6) is -0.263. The van der Waals surface area contributed by atoms with Gasteiger partial charge < -0.3 is 14.9 Å². The van der Waals surface area contributed by atoms with Gasteiger partial charge in [0, 0.05) is 59.0 Å². The summed E-state index contributed by atoms with van der Waals surface area (Å²) < 4.78 is 2.21. The smallest absolute Gasteiger partial charge is 0.252 e. The van der Waals surface area contributed by atoms with E-state index in [1.807, 2.05) is 42.6 Å². The van der Waals surface area contributed by atoms with Crippen molar-refractivity contribution in [1.82, 2.24) is 14.9 Å². The number of para-hydroxylation sites is 2. The second-order valence-electron chi connectivity index (χ2n) is 7.39. The number of hydrogen-bond acceptors (Lipinski definition) is 2. The second kappa shape index (κ2) is 6.78. The molecule has 0 spiro atoms. The number of amides is 1. The van der Waals surface area contributed by atoms with Gasteiger partial charge in [-0.3, -0.25) is 9.59 Å². The zero-order chi connectivity index (χ0) is 20.0. The molecule has 3 heterocycles. The van der Waals surface area contributed by atoms with Crippen molar-refractivity contribution in [3.8, 4) is 0 Å². The highest BCUT2D eigenvalue weighted by atomic mass is 16.1. The van der Waals surface area contributed by atoms with Crippen LogP contribution >= 0.6 is 0 Å². The van der Waals surface area contributed by atoms with Crippen LogP contribution in [-0.4, -0.2) is 28.8 Å². The predicted octanol–water partition coefficient (Wildman–Crippen LogP) is 3.92. The molecule has 2 aromatic carbocycles. The number of hydrogen-bond donors (Lipinski definition) is 2. The second-order valence-corrected chi connectivity index (χ2v) is 7.39.